The lowest BCUT2D eigenvalue weighted by Gasteiger charge is -2.08. The van der Waals surface area contributed by atoms with Gasteiger partial charge in [0.1, 0.15) is 17.3 Å². The molecule has 0 atom stereocenters. The molecule has 0 saturated carbocycles. The number of hydrogen-bond acceptors (Lipinski definition) is 2. The van der Waals surface area contributed by atoms with Gasteiger partial charge < -0.3 is 10.1 Å². The number of amidine groups is 1. The molecule has 0 aliphatic carbocycles. The number of hydrogen-bond donors (Lipinski definition) is 1. The molecule has 0 unspecified atom stereocenters. The van der Waals surface area contributed by atoms with Crippen LogP contribution in [0, 0.1) is 0 Å². The zero-order chi connectivity index (χ0) is 14.5. The number of para-hydroxylation sites is 1. The van der Waals surface area contributed by atoms with E-state index in [-0.39, 0.29) is 0 Å². The van der Waals surface area contributed by atoms with Gasteiger partial charge in [0.05, 0.1) is 17.2 Å². The summed E-state index contributed by atoms with van der Waals surface area (Å²) in [7, 11) is 1.63. The minimum absolute atomic E-state index is 0.518. The molecular formula is C15H14Cl2N2O. The molecule has 0 aliphatic heterocycles. The van der Waals surface area contributed by atoms with E-state index in [4.69, 9.17) is 27.9 Å². The van der Waals surface area contributed by atoms with Gasteiger partial charge in [-0.2, -0.15) is 0 Å². The molecule has 20 heavy (non-hydrogen) atoms. The molecule has 104 valence electrons. The largest absolute Gasteiger partial charge is 0.497 e. The predicted octanol–water partition coefficient (Wildman–Crippen LogP) is 5.16. The number of halogens is 2. The van der Waals surface area contributed by atoms with E-state index in [1.807, 2.05) is 31.2 Å². The average molecular weight is 309 g/mol. The molecule has 0 aliphatic rings. The summed E-state index contributed by atoms with van der Waals surface area (Å²) in [6, 6.07) is 12.9. The van der Waals surface area contributed by atoms with Gasteiger partial charge in [0.25, 0.3) is 0 Å². The zero-order valence-corrected chi connectivity index (χ0v) is 12.7. The molecule has 2 aromatic rings. The number of ether oxygens (including phenoxy) is 1. The van der Waals surface area contributed by atoms with E-state index in [0.29, 0.717) is 21.6 Å². The molecular weight excluding hydrogens is 295 g/mol. The van der Waals surface area contributed by atoms with Crippen molar-refractivity contribution in [2.45, 2.75) is 6.92 Å². The molecule has 0 amide bonds. The van der Waals surface area contributed by atoms with Crippen LogP contribution in [0.1, 0.15) is 6.92 Å². The van der Waals surface area contributed by atoms with Gasteiger partial charge in [-0.25, -0.2) is 4.99 Å². The first kappa shape index (κ1) is 14.7. The van der Waals surface area contributed by atoms with Crippen molar-refractivity contribution in [3.05, 3.63) is 52.5 Å². The van der Waals surface area contributed by atoms with Crippen LogP contribution in [0.5, 0.6) is 5.75 Å². The first-order valence-corrected chi connectivity index (χ1v) is 6.76. The SMILES string of the molecule is COc1cccc(NC(C)=Nc2c(Cl)cccc2Cl)c1. The summed E-state index contributed by atoms with van der Waals surface area (Å²) in [6.45, 7) is 1.85. The smallest absolute Gasteiger partial charge is 0.120 e. The number of rotatable bonds is 3. The number of nitrogens with one attached hydrogen (secondary N) is 1. The fourth-order valence-corrected chi connectivity index (χ4v) is 2.18. The van der Waals surface area contributed by atoms with Crippen LogP contribution < -0.4 is 10.1 Å². The van der Waals surface area contributed by atoms with Crippen LogP contribution in [0.4, 0.5) is 11.4 Å². The van der Waals surface area contributed by atoms with Crippen molar-refractivity contribution in [2.24, 2.45) is 4.99 Å². The van der Waals surface area contributed by atoms with Gasteiger partial charge in [-0.15, -0.1) is 0 Å². The number of benzene rings is 2. The standard InChI is InChI=1S/C15H14Cl2N2O/c1-10(18-11-5-3-6-12(9-11)20-2)19-15-13(16)7-4-8-14(15)17/h3-9H,1-2H3,(H,18,19). The van der Waals surface area contributed by atoms with Crippen molar-refractivity contribution in [1.29, 1.82) is 0 Å². The van der Waals surface area contributed by atoms with E-state index < -0.39 is 0 Å². The third-order valence-electron chi connectivity index (χ3n) is 2.61. The molecule has 1 N–H and O–H groups in total. The fraction of sp³-hybridized carbons (Fsp3) is 0.133. The summed E-state index contributed by atoms with van der Waals surface area (Å²) in [6.07, 6.45) is 0. The van der Waals surface area contributed by atoms with Gasteiger partial charge in [-0.1, -0.05) is 35.3 Å². The van der Waals surface area contributed by atoms with Gasteiger partial charge in [0, 0.05) is 11.8 Å². The summed E-state index contributed by atoms with van der Waals surface area (Å²) in [5.74, 6) is 1.46. The molecule has 3 nitrogen and oxygen atoms in total. The van der Waals surface area contributed by atoms with Crippen LogP contribution in [-0.4, -0.2) is 12.9 Å². The summed E-state index contributed by atoms with van der Waals surface area (Å²) < 4.78 is 5.17. The Morgan fingerprint density at radius 3 is 2.40 bits per heavy atom. The Balaban J connectivity index is 2.23. The van der Waals surface area contributed by atoms with Crippen LogP contribution in [0.15, 0.2) is 47.5 Å². The number of anilines is 1. The molecule has 0 radical (unpaired) electrons. The number of nitrogens with zero attached hydrogens (tertiary/aromatic N) is 1. The second-order valence-corrected chi connectivity index (χ2v) is 4.94. The maximum absolute atomic E-state index is 6.08. The molecule has 0 spiro atoms. The minimum atomic E-state index is 0.518. The highest BCUT2D eigenvalue weighted by Crippen LogP contribution is 2.32. The lowest BCUT2D eigenvalue weighted by atomic mass is 10.3. The van der Waals surface area contributed by atoms with E-state index in [1.54, 1.807) is 25.3 Å². The Kier molecular flexibility index (Phi) is 4.88. The molecule has 0 fully saturated rings. The topological polar surface area (TPSA) is 33.6 Å². The van der Waals surface area contributed by atoms with E-state index in [2.05, 4.69) is 10.3 Å². The first-order valence-electron chi connectivity index (χ1n) is 6.00. The summed E-state index contributed by atoms with van der Waals surface area (Å²) >= 11 is 12.2. The molecule has 0 bridgehead atoms. The second-order valence-electron chi connectivity index (χ2n) is 4.12. The monoisotopic (exact) mass is 308 g/mol. The first-order chi connectivity index (χ1) is 9.60. The maximum atomic E-state index is 6.08. The van der Waals surface area contributed by atoms with Crippen molar-refractivity contribution in [3.63, 3.8) is 0 Å². The Morgan fingerprint density at radius 1 is 1.10 bits per heavy atom. The predicted molar refractivity (Wildman–Crippen MR) is 85.8 cm³/mol. The van der Waals surface area contributed by atoms with E-state index >= 15 is 0 Å². The van der Waals surface area contributed by atoms with E-state index in [1.165, 1.54) is 0 Å². The van der Waals surface area contributed by atoms with Crippen molar-refractivity contribution < 1.29 is 4.74 Å². The summed E-state index contributed by atoms with van der Waals surface area (Å²) in [4.78, 5) is 4.41. The van der Waals surface area contributed by atoms with Crippen LogP contribution in [-0.2, 0) is 0 Å². The number of aliphatic imine (C=N–C) groups is 1. The van der Waals surface area contributed by atoms with E-state index in [0.717, 1.165) is 11.4 Å². The Hall–Kier alpha value is -1.71. The van der Waals surface area contributed by atoms with Crippen molar-refractivity contribution >= 4 is 40.4 Å². The fourth-order valence-electron chi connectivity index (χ4n) is 1.70. The highest BCUT2D eigenvalue weighted by molar-refractivity contribution is 6.38. The quantitative estimate of drug-likeness (QED) is 0.627. The normalized spacial score (nSPS) is 11.3. The molecule has 5 heteroatoms. The molecule has 2 aromatic carbocycles. The van der Waals surface area contributed by atoms with Crippen LogP contribution in [0.25, 0.3) is 0 Å². The van der Waals surface area contributed by atoms with Gasteiger partial charge in [0.15, 0.2) is 0 Å². The lowest BCUT2D eigenvalue weighted by Crippen LogP contribution is -2.06. The zero-order valence-electron chi connectivity index (χ0n) is 11.2. The van der Waals surface area contributed by atoms with E-state index in [9.17, 15) is 0 Å². The molecule has 0 saturated heterocycles. The van der Waals surface area contributed by atoms with Gasteiger partial charge >= 0.3 is 0 Å². The third kappa shape index (κ3) is 3.65. The molecule has 2 rings (SSSR count). The molecule has 0 heterocycles. The minimum Gasteiger partial charge on any atom is -0.497 e. The summed E-state index contributed by atoms with van der Waals surface area (Å²) in [5.41, 5.74) is 1.44. The number of methoxy groups -OCH3 is 1. The van der Waals surface area contributed by atoms with Gasteiger partial charge in [-0.3, -0.25) is 0 Å². The van der Waals surface area contributed by atoms with Crippen molar-refractivity contribution in [1.82, 2.24) is 0 Å². The van der Waals surface area contributed by atoms with Crippen LogP contribution in [0.3, 0.4) is 0 Å². The van der Waals surface area contributed by atoms with Crippen LogP contribution in [0.2, 0.25) is 10.0 Å². The maximum Gasteiger partial charge on any atom is 0.120 e. The highest BCUT2D eigenvalue weighted by Gasteiger charge is 2.04. The second kappa shape index (κ2) is 6.64. The van der Waals surface area contributed by atoms with Gasteiger partial charge in [0.2, 0.25) is 0 Å². The third-order valence-corrected chi connectivity index (χ3v) is 3.22. The molecule has 0 aromatic heterocycles. The van der Waals surface area contributed by atoms with Crippen molar-refractivity contribution in [3.8, 4) is 5.75 Å². The Morgan fingerprint density at radius 2 is 1.75 bits per heavy atom. The lowest BCUT2D eigenvalue weighted by molar-refractivity contribution is 0.415. The summed E-state index contributed by atoms with van der Waals surface area (Å²) in [5, 5.41) is 4.21. The Labute approximate surface area is 128 Å². The average Bonchev–Trinajstić information content (AvgIpc) is 2.43. The van der Waals surface area contributed by atoms with Gasteiger partial charge in [-0.05, 0) is 31.2 Å². The van der Waals surface area contributed by atoms with Crippen molar-refractivity contribution in [2.75, 3.05) is 12.4 Å². The Bertz CT molecular complexity index is 621. The highest BCUT2D eigenvalue weighted by atomic mass is 35.5. The van der Waals surface area contributed by atoms with Crippen LogP contribution >= 0.6 is 23.2 Å².